The molecule has 34 valence electrons. The van der Waals surface area contributed by atoms with Crippen LogP contribution in [0.5, 0.6) is 0 Å². The molecule has 0 radical (unpaired) electrons. The predicted molar refractivity (Wildman–Crippen MR) is 36.3 cm³/mol. The van der Waals surface area contributed by atoms with E-state index in [0.717, 1.165) is 0 Å². The second-order valence-electron chi connectivity index (χ2n) is 0.295. The van der Waals surface area contributed by atoms with Gasteiger partial charge in [0.1, 0.15) is 5.41 Å². The Bertz CT molecular complexity index is 53.8. The number of thiocarbonyl (C=S) groups is 1. The molecule has 0 spiro atoms. The van der Waals surface area contributed by atoms with E-state index in [1.165, 1.54) is 5.16 Å². The van der Waals surface area contributed by atoms with Crippen molar-refractivity contribution in [3.05, 3.63) is 17.4 Å². The Labute approximate surface area is 48.0 Å². The summed E-state index contributed by atoms with van der Waals surface area (Å²) in [4.78, 5) is 0. The van der Waals surface area contributed by atoms with E-state index in [1.54, 1.807) is 5.41 Å². The van der Waals surface area contributed by atoms with E-state index in [0.29, 0.717) is 0 Å². The Morgan fingerprint density at radius 2 is 2.00 bits per heavy atom. The number of rotatable bonds is 0. The standard InChI is InChI=1S/C2H4S.CNS/c1-2-3;2-1-3/h2-3H,1H2;/q;-1/p+1. The summed E-state index contributed by atoms with van der Waals surface area (Å²) >= 11 is 6.65. The van der Waals surface area contributed by atoms with Gasteiger partial charge in [-0.05, 0) is 12.6 Å². The van der Waals surface area contributed by atoms with E-state index in [2.05, 4.69) is 31.4 Å². The van der Waals surface area contributed by atoms with Crippen molar-refractivity contribution in [1.82, 2.24) is 0 Å². The van der Waals surface area contributed by atoms with Crippen LogP contribution in [0.1, 0.15) is 0 Å². The molecule has 0 saturated carbocycles. The molecular formula is C3H5NS2. The highest BCUT2D eigenvalue weighted by Gasteiger charge is 1.27. The summed E-state index contributed by atoms with van der Waals surface area (Å²) in [6.45, 7) is 3.27. The molecular weight excluding hydrogens is 114 g/mol. The topological polar surface area (TPSA) is 22.3 Å². The second kappa shape index (κ2) is 20.7. The molecule has 0 rings (SSSR count). The van der Waals surface area contributed by atoms with Crippen molar-refractivity contribution >= 4 is 30.0 Å². The zero-order chi connectivity index (χ0) is 5.41. The smallest absolute Gasteiger partial charge is 0.107 e. The first-order valence-electron chi connectivity index (χ1n) is 1.12. The normalized spacial score (nSPS) is 3.50. The van der Waals surface area contributed by atoms with Crippen molar-refractivity contribution in [1.29, 1.82) is 0 Å². The minimum Gasteiger partial charge on any atom is -0.753 e. The first-order valence-corrected chi connectivity index (χ1v) is 2.11. The van der Waals surface area contributed by atoms with Gasteiger partial charge < -0.3 is 5.41 Å². The van der Waals surface area contributed by atoms with Gasteiger partial charge in [0, 0.05) is 0 Å². The summed E-state index contributed by atoms with van der Waals surface area (Å²) in [5, 5.41) is 10.0. The molecule has 0 bridgehead atoms. The molecule has 0 aliphatic heterocycles. The summed E-state index contributed by atoms with van der Waals surface area (Å²) in [6.07, 6.45) is 0. The third-order valence-corrected chi connectivity index (χ3v) is 0. The van der Waals surface area contributed by atoms with Gasteiger partial charge in [-0.1, -0.05) is 18.8 Å². The molecule has 0 saturated heterocycles. The molecule has 0 aliphatic rings. The third kappa shape index (κ3) is 2690. The molecule has 0 unspecified atom stereocenters. The highest BCUT2D eigenvalue weighted by Crippen LogP contribution is 1.33. The van der Waals surface area contributed by atoms with Gasteiger partial charge in [0.2, 0.25) is 0 Å². The molecule has 0 aliphatic carbocycles. The Morgan fingerprint density at radius 1 is 2.00 bits per heavy atom. The molecule has 0 amide bonds. The van der Waals surface area contributed by atoms with Crippen molar-refractivity contribution in [2.45, 2.75) is 0 Å². The van der Waals surface area contributed by atoms with Gasteiger partial charge in [0.15, 0.2) is 0 Å². The Kier molecular flexibility index (Phi) is 32.1. The van der Waals surface area contributed by atoms with E-state index in [-0.39, 0.29) is 0 Å². The molecule has 0 aromatic heterocycles. The minimum atomic E-state index is 1.33. The maximum Gasteiger partial charge on any atom is 0.107 e. The Balaban J connectivity index is 0. The number of hydrogen-bond acceptors (Lipinski definition) is 1. The summed E-state index contributed by atoms with van der Waals surface area (Å²) < 4.78 is 0. The van der Waals surface area contributed by atoms with E-state index in [4.69, 9.17) is 5.41 Å². The van der Waals surface area contributed by atoms with E-state index >= 15 is 0 Å². The van der Waals surface area contributed by atoms with Gasteiger partial charge in [-0.3, -0.25) is 0 Å². The lowest BCUT2D eigenvalue weighted by Gasteiger charge is -1.37. The lowest BCUT2D eigenvalue weighted by Crippen LogP contribution is -1.13. The molecule has 3 heteroatoms. The van der Waals surface area contributed by atoms with E-state index in [9.17, 15) is 0 Å². The van der Waals surface area contributed by atoms with Crippen LogP contribution < -0.4 is 0 Å². The van der Waals surface area contributed by atoms with Crippen LogP contribution in [-0.2, 0) is 12.6 Å². The Morgan fingerprint density at radius 3 is 2.00 bits per heavy atom. The molecule has 0 fully saturated rings. The highest BCUT2D eigenvalue weighted by molar-refractivity contribution is 7.78. The van der Waals surface area contributed by atoms with Crippen LogP contribution in [0.15, 0.2) is 12.0 Å². The lowest BCUT2D eigenvalue weighted by atomic mass is 11.3. The molecule has 6 heavy (non-hydrogen) atoms. The van der Waals surface area contributed by atoms with Gasteiger partial charge in [-0.2, -0.15) is 5.16 Å². The fourth-order valence-corrected chi connectivity index (χ4v) is 0. The minimum absolute atomic E-state index is 1.33. The highest BCUT2D eigenvalue weighted by atomic mass is 32.1. The predicted octanol–water partition coefficient (Wildman–Crippen LogP) is 0.800. The summed E-state index contributed by atoms with van der Waals surface area (Å²) in [7, 11) is 0. The van der Waals surface area contributed by atoms with Crippen LogP contribution in [-0.4, -0.2) is 5.16 Å². The molecule has 0 N–H and O–H groups in total. The number of isothiocyanates is 1. The molecule has 0 heterocycles. The van der Waals surface area contributed by atoms with Crippen LogP contribution in [0.4, 0.5) is 0 Å². The van der Waals surface area contributed by atoms with Crippen molar-refractivity contribution in [2.75, 3.05) is 0 Å². The van der Waals surface area contributed by atoms with Crippen molar-refractivity contribution in [3.63, 3.8) is 0 Å². The lowest BCUT2D eigenvalue weighted by molar-refractivity contribution is 2.69. The van der Waals surface area contributed by atoms with Crippen LogP contribution in [0.3, 0.4) is 0 Å². The largest absolute Gasteiger partial charge is 0.753 e. The maximum absolute atomic E-state index is 7.13. The third-order valence-electron chi connectivity index (χ3n) is 0. The zero-order valence-corrected chi connectivity index (χ0v) is 4.96. The first kappa shape index (κ1) is 9.31. The van der Waals surface area contributed by atoms with E-state index < -0.39 is 0 Å². The van der Waals surface area contributed by atoms with Crippen LogP contribution in [0.2, 0.25) is 0 Å². The molecule has 1 nitrogen and oxygen atoms in total. The van der Waals surface area contributed by atoms with Gasteiger partial charge in [-0.25, -0.2) is 0 Å². The molecule has 0 aromatic carbocycles. The Hall–Kier alpha value is -0.110. The van der Waals surface area contributed by atoms with Gasteiger partial charge in [-0.15, -0.1) is 0 Å². The maximum atomic E-state index is 7.13. The quantitative estimate of drug-likeness (QED) is 0.263. The van der Waals surface area contributed by atoms with Gasteiger partial charge >= 0.3 is 0 Å². The number of hydrogen-bond donors (Lipinski definition) is 0. The fourth-order valence-electron chi connectivity index (χ4n) is 0. The van der Waals surface area contributed by atoms with Crippen LogP contribution in [0, 0.1) is 0 Å². The van der Waals surface area contributed by atoms with Crippen LogP contribution in [0.25, 0.3) is 5.41 Å². The summed E-state index contributed by atoms with van der Waals surface area (Å²) in [6, 6.07) is 0. The number of nitrogens with zero attached hydrogens (tertiary/aromatic N) is 1. The van der Waals surface area contributed by atoms with Gasteiger partial charge in [0.25, 0.3) is 0 Å². The van der Waals surface area contributed by atoms with Crippen molar-refractivity contribution in [3.8, 4) is 0 Å². The average Bonchev–Trinajstić information content (AvgIpc) is 1.39. The summed E-state index contributed by atoms with van der Waals surface area (Å²) in [5.74, 6) is 0. The molecule has 0 aromatic rings. The molecule has 0 atom stereocenters. The van der Waals surface area contributed by atoms with Crippen LogP contribution >= 0.6 is 12.2 Å². The van der Waals surface area contributed by atoms with Crippen molar-refractivity contribution in [2.24, 2.45) is 0 Å². The zero-order valence-electron chi connectivity index (χ0n) is 3.14. The second-order valence-corrected chi connectivity index (χ2v) is 0.886. The van der Waals surface area contributed by atoms with E-state index in [1.807, 2.05) is 0 Å². The monoisotopic (exact) mass is 119 g/mol. The van der Waals surface area contributed by atoms with Crippen molar-refractivity contribution < 1.29 is 0 Å². The fraction of sp³-hybridized carbons (Fsp3) is 0. The summed E-state index contributed by atoms with van der Waals surface area (Å²) in [5.41, 5.74) is 0. The first-order chi connectivity index (χ1) is 2.83. The SMILES string of the molecule is C=C[SH2+].[N-]=C=S. The van der Waals surface area contributed by atoms with Gasteiger partial charge in [0.05, 0.1) is 0 Å². The average molecular weight is 119 g/mol.